The van der Waals surface area contributed by atoms with Crippen molar-refractivity contribution in [3.05, 3.63) is 18.7 Å². The first-order chi connectivity index (χ1) is 4.83. The molecular formula is C8H16ClFeN2+. The molecule has 0 saturated heterocycles. The van der Waals surface area contributed by atoms with Crippen LogP contribution in [0.15, 0.2) is 18.7 Å². The summed E-state index contributed by atoms with van der Waals surface area (Å²) in [6.07, 6.45) is 8.82. The molecule has 0 bridgehead atoms. The second-order valence-corrected chi connectivity index (χ2v) is 2.67. The minimum absolute atomic E-state index is 0. The first-order valence-electron chi connectivity index (χ1n) is 3.84. The molecule has 12 heavy (non-hydrogen) atoms. The van der Waals surface area contributed by atoms with Gasteiger partial charge in [-0.05, 0) is 6.42 Å². The predicted molar refractivity (Wildman–Crippen MR) is 47.8 cm³/mol. The summed E-state index contributed by atoms with van der Waals surface area (Å²) in [5.41, 5.74) is 0. The van der Waals surface area contributed by atoms with Gasteiger partial charge in [0.15, 0.2) is 0 Å². The zero-order chi connectivity index (χ0) is 7.40. The molecular weight excluding hydrogens is 215 g/mol. The molecule has 1 heterocycles. The van der Waals surface area contributed by atoms with E-state index in [1.54, 1.807) is 0 Å². The van der Waals surface area contributed by atoms with Crippen molar-refractivity contribution < 1.29 is 21.6 Å². The van der Waals surface area contributed by atoms with Crippen molar-refractivity contribution in [2.75, 3.05) is 0 Å². The fourth-order valence-corrected chi connectivity index (χ4v) is 0.975. The molecule has 0 radical (unpaired) electrons. The van der Waals surface area contributed by atoms with E-state index in [0.29, 0.717) is 0 Å². The zero-order valence-corrected chi connectivity index (χ0v) is 9.43. The summed E-state index contributed by atoms with van der Waals surface area (Å²) in [5.74, 6) is 0. The average molecular weight is 232 g/mol. The number of hydrogen-bond donors (Lipinski definition) is 0. The van der Waals surface area contributed by atoms with E-state index in [2.05, 4.69) is 34.8 Å². The van der Waals surface area contributed by atoms with Crippen LogP contribution in [0.5, 0.6) is 0 Å². The number of nitrogens with zero attached hydrogens (tertiary/aromatic N) is 2. The Morgan fingerprint density at radius 3 is 2.50 bits per heavy atom. The van der Waals surface area contributed by atoms with E-state index in [9.17, 15) is 0 Å². The monoisotopic (exact) mass is 231 g/mol. The van der Waals surface area contributed by atoms with E-state index in [1.165, 1.54) is 12.8 Å². The third kappa shape index (κ3) is 4.81. The van der Waals surface area contributed by atoms with Gasteiger partial charge in [0.05, 0.1) is 13.6 Å². The Hall–Kier alpha value is 0.0195. The Bertz CT molecular complexity index is 201. The third-order valence-electron chi connectivity index (χ3n) is 1.59. The summed E-state index contributed by atoms with van der Waals surface area (Å²) in [7, 11) is 2.04. The molecule has 0 spiro atoms. The van der Waals surface area contributed by atoms with Crippen LogP contribution in [-0.4, -0.2) is 4.57 Å². The van der Waals surface area contributed by atoms with Gasteiger partial charge < -0.3 is 0 Å². The Kier molecular flexibility index (Phi) is 9.28. The van der Waals surface area contributed by atoms with Crippen molar-refractivity contribution >= 4 is 12.4 Å². The van der Waals surface area contributed by atoms with E-state index in [0.717, 1.165) is 6.54 Å². The number of hydrogen-bond acceptors (Lipinski definition) is 0. The second kappa shape index (κ2) is 7.66. The van der Waals surface area contributed by atoms with Crippen LogP contribution in [0.1, 0.15) is 19.8 Å². The van der Waals surface area contributed by atoms with Crippen molar-refractivity contribution in [1.82, 2.24) is 4.57 Å². The molecule has 0 atom stereocenters. The fraction of sp³-hybridized carbons (Fsp3) is 0.625. The van der Waals surface area contributed by atoms with Crippen molar-refractivity contribution in [3.63, 3.8) is 0 Å². The molecule has 72 valence electrons. The third-order valence-corrected chi connectivity index (χ3v) is 1.59. The quantitative estimate of drug-likeness (QED) is 0.551. The van der Waals surface area contributed by atoms with Gasteiger partial charge in [-0.1, -0.05) is 13.3 Å². The van der Waals surface area contributed by atoms with Crippen LogP contribution in [0, 0.1) is 0 Å². The molecule has 0 aliphatic rings. The average Bonchev–Trinajstić information content (AvgIpc) is 2.31. The van der Waals surface area contributed by atoms with E-state index in [1.807, 2.05) is 7.05 Å². The summed E-state index contributed by atoms with van der Waals surface area (Å²) in [6.45, 7) is 3.36. The van der Waals surface area contributed by atoms with Crippen LogP contribution < -0.4 is 4.57 Å². The topological polar surface area (TPSA) is 8.81 Å². The van der Waals surface area contributed by atoms with Crippen molar-refractivity contribution in [1.29, 1.82) is 0 Å². The Balaban J connectivity index is 0. The Morgan fingerprint density at radius 2 is 2.08 bits per heavy atom. The summed E-state index contributed by atoms with van der Waals surface area (Å²) >= 11 is 0. The van der Waals surface area contributed by atoms with Crippen LogP contribution in [0.3, 0.4) is 0 Å². The maximum absolute atomic E-state index is 2.21. The molecule has 0 aliphatic heterocycles. The molecule has 0 N–H and O–H groups in total. The summed E-state index contributed by atoms with van der Waals surface area (Å²) in [6, 6.07) is 0. The van der Waals surface area contributed by atoms with E-state index in [-0.39, 0.29) is 29.5 Å². The van der Waals surface area contributed by atoms with Crippen molar-refractivity contribution in [3.8, 4) is 0 Å². The minimum atomic E-state index is 0. The van der Waals surface area contributed by atoms with Gasteiger partial charge in [0, 0.05) is 17.1 Å². The van der Waals surface area contributed by atoms with Crippen LogP contribution in [-0.2, 0) is 30.7 Å². The SMILES string of the molecule is CCCCn1cc[n+](C)c1.Cl.[Fe]. The van der Waals surface area contributed by atoms with Gasteiger partial charge in [0.1, 0.15) is 12.4 Å². The summed E-state index contributed by atoms with van der Waals surface area (Å²) in [4.78, 5) is 0. The normalized spacial score (nSPS) is 8.50. The van der Waals surface area contributed by atoms with Gasteiger partial charge in [-0.2, -0.15) is 0 Å². The molecule has 0 saturated carbocycles. The smallest absolute Gasteiger partial charge is 0.240 e. The molecule has 0 amide bonds. The van der Waals surface area contributed by atoms with E-state index < -0.39 is 0 Å². The summed E-state index contributed by atoms with van der Waals surface area (Å²) < 4.78 is 4.28. The van der Waals surface area contributed by atoms with Gasteiger partial charge in [0.25, 0.3) is 0 Å². The number of imidazole rings is 1. The van der Waals surface area contributed by atoms with Gasteiger partial charge in [0.2, 0.25) is 6.33 Å². The molecule has 1 aromatic heterocycles. The molecule has 0 aliphatic carbocycles. The van der Waals surface area contributed by atoms with Gasteiger partial charge in [-0.15, -0.1) is 12.4 Å². The molecule has 2 nitrogen and oxygen atoms in total. The summed E-state index contributed by atoms with van der Waals surface area (Å²) in [5, 5.41) is 0. The number of aryl methyl sites for hydroxylation is 2. The zero-order valence-electron chi connectivity index (χ0n) is 7.51. The molecule has 1 rings (SSSR count). The molecule has 0 unspecified atom stereocenters. The van der Waals surface area contributed by atoms with Gasteiger partial charge in [-0.25, -0.2) is 9.13 Å². The second-order valence-electron chi connectivity index (χ2n) is 2.67. The van der Waals surface area contributed by atoms with Crippen LogP contribution in [0.4, 0.5) is 0 Å². The Morgan fingerprint density at radius 1 is 1.42 bits per heavy atom. The standard InChI is InChI=1S/C8H15N2.ClH.Fe/c1-3-4-5-10-7-6-9(2)8-10;;/h6-8H,3-5H2,1-2H3;1H;/q+1;;. The first-order valence-corrected chi connectivity index (χ1v) is 3.84. The first kappa shape index (κ1) is 14.5. The number of rotatable bonds is 3. The largest absolute Gasteiger partial charge is 0.243 e. The van der Waals surface area contributed by atoms with E-state index >= 15 is 0 Å². The van der Waals surface area contributed by atoms with Crippen LogP contribution in [0.25, 0.3) is 0 Å². The number of halogens is 1. The molecule has 4 heteroatoms. The predicted octanol–water partition coefficient (Wildman–Crippen LogP) is 1.53. The van der Waals surface area contributed by atoms with Gasteiger partial charge >= 0.3 is 0 Å². The maximum atomic E-state index is 2.21. The molecule has 0 fully saturated rings. The fourth-order valence-electron chi connectivity index (χ4n) is 0.975. The van der Waals surface area contributed by atoms with Crippen LogP contribution >= 0.6 is 12.4 Å². The number of aromatic nitrogens is 2. The van der Waals surface area contributed by atoms with E-state index in [4.69, 9.17) is 0 Å². The minimum Gasteiger partial charge on any atom is -0.240 e. The van der Waals surface area contributed by atoms with Crippen molar-refractivity contribution in [2.24, 2.45) is 7.05 Å². The Labute approximate surface area is 90.9 Å². The van der Waals surface area contributed by atoms with Crippen LogP contribution in [0.2, 0.25) is 0 Å². The van der Waals surface area contributed by atoms with Crippen molar-refractivity contribution in [2.45, 2.75) is 26.3 Å². The number of unbranched alkanes of at least 4 members (excludes halogenated alkanes) is 1. The van der Waals surface area contributed by atoms with Gasteiger partial charge in [-0.3, -0.25) is 0 Å². The molecule has 0 aromatic carbocycles. The maximum Gasteiger partial charge on any atom is 0.243 e. The molecule has 1 aromatic rings.